The largest absolute Gasteiger partial charge is 0.339 e. The van der Waals surface area contributed by atoms with Gasteiger partial charge in [-0.15, -0.1) is 0 Å². The number of nitrogens with one attached hydrogen (secondary N) is 1. The number of hydrogen-bond acceptors (Lipinski definition) is 6. The zero-order valence-corrected chi connectivity index (χ0v) is 15.2. The number of aromatic nitrogens is 4. The van der Waals surface area contributed by atoms with Crippen LogP contribution >= 0.6 is 0 Å². The topological polar surface area (TPSA) is 93.8 Å². The molecule has 1 amide bonds. The number of hydrogen-bond donors (Lipinski definition) is 1. The molecule has 0 aliphatic rings. The van der Waals surface area contributed by atoms with E-state index in [-0.39, 0.29) is 11.8 Å². The summed E-state index contributed by atoms with van der Waals surface area (Å²) in [6.07, 6.45) is 1.59. The summed E-state index contributed by atoms with van der Waals surface area (Å²) in [6, 6.07) is 8.94. The van der Waals surface area contributed by atoms with Gasteiger partial charge in [0.15, 0.2) is 0 Å². The molecule has 0 spiro atoms. The number of rotatable bonds is 5. The summed E-state index contributed by atoms with van der Waals surface area (Å²) in [7, 11) is 0. The van der Waals surface area contributed by atoms with E-state index in [1.807, 2.05) is 45.0 Å². The highest BCUT2D eigenvalue weighted by Crippen LogP contribution is 2.22. The van der Waals surface area contributed by atoms with Gasteiger partial charge in [0, 0.05) is 17.7 Å². The fourth-order valence-corrected chi connectivity index (χ4v) is 2.46. The molecule has 0 unspecified atom stereocenters. The number of benzene rings is 1. The Hall–Kier alpha value is -3.09. The highest BCUT2D eigenvalue weighted by atomic mass is 16.5. The van der Waals surface area contributed by atoms with Gasteiger partial charge in [0.2, 0.25) is 11.7 Å². The lowest BCUT2D eigenvalue weighted by Crippen LogP contribution is -2.28. The Balaban J connectivity index is 1.74. The van der Waals surface area contributed by atoms with Crippen LogP contribution in [0, 0.1) is 6.92 Å². The Labute approximate surface area is 151 Å². The minimum Gasteiger partial charge on any atom is -0.339 e. The van der Waals surface area contributed by atoms with Crippen LogP contribution in [0.3, 0.4) is 0 Å². The molecular formula is C19H21N5O2. The van der Waals surface area contributed by atoms with Gasteiger partial charge in [-0.25, -0.2) is 9.97 Å². The third-order valence-corrected chi connectivity index (χ3v) is 3.97. The Kier molecular flexibility index (Phi) is 5.06. The molecule has 3 aromatic rings. The van der Waals surface area contributed by atoms with E-state index in [4.69, 9.17) is 4.52 Å². The van der Waals surface area contributed by atoms with Crippen molar-refractivity contribution < 1.29 is 9.32 Å². The average molecular weight is 351 g/mol. The van der Waals surface area contributed by atoms with Crippen molar-refractivity contribution in [3.8, 4) is 11.4 Å². The number of amides is 1. The summed E-state index contributed by atoms with van der Waals surface area (Å²) in [5.41, 5.74) is 2.27. The standard InChI is InChI=1S/C19H21N5O2/c1-11(2)16-20-10-9-15(22-16)18(25)21-13(4)19-23-17(24-26-19)14-8-6-5-7-12(14)3/h5-11,13H,1-4H3,(H,21,25)/t13-/m1/s1. The van der Waals surface area contributed by atoms with Gasteiger partial charge in [0.1, 0.15) is 17.6 Å². The van der Waals surface area contributed by atoms with Crippen molar-refractivity contribution in [3.63, 3.8) is 0 Å². The van der Waals surface area contributed by atoms with Crippen LogP contribution in [-0.2, 0) is 0 Å². The van der Waals surface area contributed by atoms with E-state index >= 15 is 0 Å². The molecule has 0 aliphatic carbocycles. The molecule has 7 nitrogen and oxygen atoms in total. The molecule has 0 aliphatic heterocycles. The smallest absolute Gasteiger partial charge is 0.270 e. The van der Waals surface area contributed by atoms with Crippen LogP contribution in [0.1, 0.15) is 60.5 Å². The predicted molar refractivity (Wildman–Crippen MR) is 96.5 cm³/mol. The summed E-state index contributed by atoms with van der Waals surface area (Å²) in [5, 5.41) is 6.86. The van der Waals surface area contributed by atoms with Gasteiger partial charge in [0.05, 0.1) is 0 Å². The van der Waals surface area contributed by atoms with Crippen LogP contribution in [-0.4, -0.2) is 26.0 Å². The number of carbonyl (C=O) groups is 1. The molecule has 0 bridgehead atoms. The van der Waals surface area contributed by atoms with E-state index in [2.05, 4.69) is 25.4 Å². The predicted octanol–water partition coefficient (Wildman–Crippen LogP) is 3.45. The molecule has 0 radical (unpaired) electrons. The van der Waals surface area contributed by atoms with Crippen molar-refractivity contribution in [2.75, 3.05) is 0 Å². The fraction of sp³-hybridized carbons (Fsp3) is 0.316. The first-order chi connectivity index (χ1) is 12.5. The average Bonchev–Trinajstić information content (AvgIpc) is 3.12. The fourth-order valence-electron chi connectivity index (χ4n) is 2.46. The van der Waals surface area contributed by atoms with Gasteiger partial charge in [-0.3, -0.25) is 4.79 Å². The van der Waals surface area contributed by atoms with Crippen LogP contribution in [0.4, 0.5) is 0 Å². The third-order valence-electron chi connectivity index (χ3n) is 3.97. The second-order valence-electron chi connectivity index (χ2n) is 6.42. The first-order valence-corrected chi connectivity index (χ1v) is 8.49. The van der Waals surface area contributed by atoms with E-state index < -0.39 is 6.04 Å². The van der Waals surface area contributed by atoms with E-state index in [9.17, 15) is 4.79 Å². The molecule has 1 N–H and O–H groups in total. The van der Waals surface area contributed by atoms with Crippen molar-refractivity contribution >= 4 is 5.91 Å². The summed E-state index contributed by atoms with van der Waals surface area (Å²) in [5.74, 6) is 1.31. The molecule has 1 aromatic carbocycles. The zero-order chi connectivity index (χ0) is 18.7. The molecule has 7 heteroatoms. The molecule has 0 saturated carbocycles. The van der Waals surface area contributed by atoms with E-state index in [1.54, 1.807) is 19.2 Å². The molecule has 2 aromatic heterocycles. The lowest BCUT2D eigenvalue weighted by molar-refractivity contribution is 0.0927. The highest BCUT2D eigenvalue weighted by molar-refractivity contribution is 5.92. The lowest BCUT2D eigenvalue weighted by Gasteiger charge is -2.10. The SMILES string of the molecule is Cc1ccccc1-c1noc([C@@H](C)NC(=O)c2ccnc(C(C)C)n2)n1. The van der Waals surface area contributed by atoms with Gasteiger partial charge in [-0.05, 0) is 25.5 Å². The summed E-state index contributed by atoms with van der Waals surface area (Å²) < 4.78 is 5.33. The molecular weight excluding hydrogens is 330 g/mol. The van der Waals surface area contributed by atoms with E-state index in [0.717, 1.165) is 11.1 Å². The normalized spacial score (nSPS) is 12.2. The summed E-state index contributed by atoms with van der Waals surface area (Å²) in [4.78, 5) is 25.3. The third kappa shape index (κ3) is 3.77. The lowest BCUT2D eigenvalue weighted by atomic mass is 10.1. The van der Waals surface area contributed by atoms with Crippen molar-refractivity contribution in [2.24, 2.45) is 0 Å². The maximum Gasteiger partial charge on any atom is 0.270 e. The summed E-state index contributed by atoms with van der Waals surface area (Å²) >= 11 is 0. The second kappa shape index (κ2) is 7.43. The minimum atomic E-state index is -0.440. The van der Waals surface area contributed by atoms with Crippen LogP contribution in [0.5, 0.6) is 0 Å². The molecule has 0 fully saturated rings. The highest BCUT2D eigenvalue weighted by Gasteiger charge is 2.20. The maximum absolute atomic E-state index is 12.4. The Morgan fingerprint density at radius 2 is 1.88 bits per heavy atom. The molecule has 1 atom stereocenters. The van der Waals surface area contributed by atoms with Crippen LogP contribution in [0.25, 0.3) is 11.4 Å². The first-order valence-electron chi connectivity index (χ1n) is 8.49. The molecule has 26 heavy (non-hydrogen) atoms. The second-order valence-corrected chi connectivity index (χ2v) is 6.42. The van der Waals surface area contributed by atoms with Gasteiger partial charge < -0.3 is 9.84 Å². The van der Waals surface area contributed by atoms with Gasteiger partial charge in [-0.2, -0.15) is 4.98 Å². The zero-order valence-electron chi connectivity index (χ0n) is 15.2. The molecule has 134 valence electrons. The summed E-state index contributed by atoms with van der Waals surface area (Å²) in [6.45, 7) is 7.73. The monoisotopic (exact) mass is 351 g/mol. The number of nitrogens with zero attached hydrogens (tertiary/aromatic N) is 4. The number of aryl methyl sites for hydroxylation is 1. The van der Waals surface area contributed by atoms with Crippen LogP contribution in [0.15, 0.2) is 41.1 Å². The van der Waals surface area contributed by atoms with E-state index in [0.29, 0.717) is 23.2 Å². The molecule has 0 saturated heterocycles. The van der Waals surface area contributed by atoms with E-state index in [1.165, 1.54) is 0 Å². The Bertz CT molecular complexity index is 920. The van der Waals surface area contributed by atoms with Crippen molar-refractivity contribution in [1.29, 1.82) is 0 Å². The maximum atomic E-state index is 12.4. The van der Waals surface area contributed by atoms with Crippen molar-refractivity contribution in [1.82, 2.24) is 25.4 Å². The van der Waals surface area contributed by atoms with Crippen molar-refractivity contribution in [2.45, 2.75) is 39.7 Å². The first kappa shape index (κ1) is 17.7. The van der Waals surface area contributed by atoms with Crippen LogP contribution < -0.4 is 5.32 Å². The Morgan fingerprint density at radius 3 is 2.62 bits per heavy atom. The van der Waals surface area contributed by atoms with Crippen LogP contribution in [0.2, 0.25) is 0 Å². The quantitative estimate of drug-likeness (QED) is 0.756. The van der Waals surface area contributed by atoms with Gasteiger partial charge >= 0.3 is 0 Å². The Morgan fingerprint density at radius 1 is 1.12 bits per heavy atom. The van der Waals surface area contributed by atoms with Gasteiger partial charge in [0.25, 0.3) is 5.91 Å². The van der Waals surface area contributed by atoms with Crippen molar-refractivity contribution in [3.05, 3.63) is 59.5 Å². The number of carbonyl (C=O) groups excluding carboxylic acids is 1. The molecule has 2 heterocycles. The molecule has 3 rings (SSSR count). The van der Waals surface area contributed by atoms with Gasteiger partial charge in [-0.1, -0.05) is 43.3 Å². The minimum absolute atomic E-state index is 0.146.